The van der Waals surface area contributed by atoms with Gasteiger partial charge in [0.2, 0.25) is 5.91 Å². The summed E-state index contributed by atoms with van der Waals surface area (Å²) in [6.45, 7) is 5.63. The molecule has 2 aromatic rings. The number of aromatic hydroxyl groups is 1. The normalized spacial score (nSPS) is 19.1. The number of carbonyl (C=O) groups is 2. The number of hydrogen-bond acceptors (Lipinski definition) is 5. The molecule has 3 atom stereocenters. The van der Waals surface area contributed by atoms with Gasteiger partial charge in [-0.05, 0) is 36.0 Å². The lowest BCUT2D eigenvalue weighted by molar-refractivity contribution is -0.134. The van der Waals surface area contributed by atoms with Crippen LogP contribution in [0.4, 0.5) is 0 Å². The lowest BCUT2D eigenvalue weighted by Crippen LogP contribution is -2.43. The molecule has 178 valence electrons. The first-order valence-corrected chi connectivity index (χ1v) is 11.3. The first-order valence-electron chi connectivity index (χ1n) is 10.9. The van der Waals surface area contributed by atoms with E-state index in [0.717, 1.165) is 6.42 Å². The summed E-state index contributed by atoms with van der Waals surface area (Å²) in [6.07, 6.45) is 1.14. The van der Waals surface area contributed by atoms with Crippen LogP contribution in [0, 0.1) is 11.8 Å². The molecule has 0 saturated carbocycles. The predicted molar refractivity (Wildman–Crippen MR) is 126 cm³/mol. The Bertz CT molecular complexity index is 1030. The van der Waals surface area contributed by atoms with Gasteiger partial charge in [0.25, 0.3) is 0 Å². The topological polar surface area (TPSA) is 96.3 Å². The van der Waals surface area contributed by atoms with Crippen molar-refractivity contribution in [3.05, 3.63) is 52.0 Å². The van der Waals surface area contributed by atoms with Gasteiger partial charge in [0.05, 0.1) is 24.8 Å². The van der Waals surface area contributed by atoms with Crippen LogP contribution < -0.4 is 9.47 Å². The average molecular weight is 476 g/mol. The van der Waals surface area contributed by atoms with Crippen molar-refractivity contribution in [1.82, 2.24) is 4.90 Å². The summed E-state index contributed by atoms with van der Waals surface area (Å²) < 4.78 is 10.8. The molecule has 0 radical (unpaired) electrons. The van der Waals surface area contributed by atoms with Crippen LogP contribution in [0.15, 0.2) is 30.3 Å². The molecule has 0 spiro atoms. The number of carboxylic acid groups (broad SMARTS) is 1. The van der Waals surface area contributed by atoms with Gasteiger partial charge in [-0.15, -0.1) is 0 Å². The summed E-state index contributed by atoms with van der Waals surface area (Å²) in [6, 6.07) is 7.68. The van der Waals surface area contributed by atoms with Gasteiger partial charge >= 0.3 is 5.97 Å². The highest BCUT2D eigenvalue weighted by molar-refractivity contribution is 6.33. The number of halogens is 1. The number of benzene rings is 2. The number of aromatic carboxylic acids is 1. The molecule has 2 N–H and O–H groups in total. The lowest BCUT2D eigenvalue weighted by atomic mass is 9.85. The Balaban J connectivity index is 2.07. The van der Waals surface area contributed by atoms with Crippen LogP contribution >= 0.6 is 11.6 Å². The Morgan fingerprint density at radius 1 is 1.12 bits per heavy atom. The fourth-order valence-corrected chi connectivity index (χ4v) is 4.97. The number of nitrogens with zero attached hydrogens (tertiary/aromatic N) is 1. The molecule has 0 bridgehead atoms. The molecule has 1 aliphatic rings. The lowest BCUT2D eigenvalue weighted by Gasteiger charge is -2.36. The maximum absolute atomic E-state index is 13.4. The second-order valence-electron chi connectivity index (χ2n) is 8.81. The predicted octanol–water partition coefficient (Wildman–Crippen LogP) is 4.79. The fraction of sp³-hybridized carbons (Fsp3) is 0.440. The van der Waals surface area contributed by atoms with Gasteiger partial charge in [0.1, 0.15) is 17.2 Å². The molecular weight excluding hydrogens is 446 g/mol. The van der Waals surface area contributed by atoms with E-state index in [1.807, 2.05) is 4.90 Å². The van der Waals surface area contributed by atoms with Gasteiger partial charge in [-0.25, -0.2) is 4.79 Å². The molecule has 1 saturated heterocycles. The summed E-state index contributed by atoms with van der Waals surface area (Å²) in [4.78, 5) is 26.7. The molecule has 8 heteroatoms. The van der Waals surface area contributed by atoms with Gasteiger partial charge in [0.15, 0.2) is 0 Å². The van der Waals surface area contributed by atoms with Crippen molar-refractivity contribution >= 4 is 23.5 Å². The maximum atomic E-state index is 13.4. The van der Waals surface area contributed by atoms with E-state index < -0.39 is 11.9 Å². The molecule has 3 rings (SSSR count). The monoisotopic (exact) mass is 475 g/mol. The van der Waals surface area contributed by atoms with Crippen LogP contribution in [-0.4, -0.2) is 54.3 Å². The third-order valence-corrected chi connectivity index (χ3v) is 6.44. The smallest absolute Gasteiger partial charge is 0.337 e. The summed E-state index contributed by atoms with van der Waals surface area (Å²) in [5, 5.41) is 20.3. The zero-order chi connectivity index (χ0) is 24.3. The molecule has 33 heavy (non-hydrogen) atoms. The average Bonchev–Trinajstić information content (AvgIpc) is 2.76. The van der Waals surface area contributed by atoms with Gasteiger partial charge in [-0.2, -0.15) is 0 Å². The number of rotatable bonds is 7. The van der Waals surface area contributed by atoms with Crippen LogP contribution in [0.5, 0.6) is 17.2 Å². The molecule has 7 nitrogen and oxygen atoms in total. The van der Waals surface area contributed by atoms with E-state index in [2.05, 4.69) is 13.8 Å². The molecule has 1 heterocycles. The molecule has 1 aliphatic heterocycles. The Morgan fingerprint density at radius 2 is 1.79 bits per heavy atom. The fourth-order valence-electron chi connectivity index (χ4n) is 4.70. The van der Waals surface area contributed by atoms with Gasteiger partial charge in [0, 0.05) is 43.1 Å². The van der Waals surface area contributed by atoms with Crippen molar-refractivity contribution in [2.24, 2.45) is 11.8 Å². The van der Waals surface area contributed by atoms with E-state index in [1.54, 1.807) is 12.1 Å². The molecule has 1 fully saturated rings. The Hall–Kier alpha value is -2.93. The number of phenols is 1. The number of amides is 1. The third-order valence-electron chi connectivity index (χ3n) is 6.12. The van der Waals surface area contributed by atoms with E-state index in [0.29, 0.717) is 47.6 Å². The van der Waals surface area contributed by atoms with Crippen molar-refractivity contribution < 1.29 is 29.3 Å². The highest BCUT2D eigenvalue weighted by atomic mass is 35.5. The van der Waals surface area contributed by atoms with E-state index in [4.69, 9.17) is 21.1 Å². The standard InChI is InChI=1S/C25H30ClNO6/c1-14-7-15(2)13-27(12-14)23(29)11-19(16-5-6-18(25(30)31)20(26)8-16)24-21(28)9-17(32-3)10-22(24)33-4/h5-6,8-10,14-15,19,28H,7,11-13H2,1-4H3,(H,30,31)/t14-,15?,19?/m0/s1. The largest absolute Gasteiger partial charge is 0.507 e. The van der Waals surface area contributed by atoms with E-state index >= 15 is 0 Å². The van der Waals surface area contributed by atoms with Crippen molar-refractivity contribution in [3.63, 3.8) is 0 Å². The van der Waals surface area contributed by atoms with Crippen LogP contribution in [0.2, 0.25) is 5.02 Å². The zero-order valence-electron chi connectivity index (χ0n) is 19.3. The van der Waals surface area contributed by atoms with E-state index in [9.17, 15) is 19.8 Å². The van der Waals surface area contributed by atoms with Crippen molar-refractivity contribution in [1.29, 1.82) is 0 Å². The molecule has 0 aromatic heterocycles. The Labute approximate surface area is 198 Å². The molecule has 0 aliphatic carbocycles. The first kappa shape index (κ1) is 24.7. The third kappa shape index (κ3) is 5.53. The van der Waals surface area contributed by atoms with Crippen LogP contribution in [0.1, 0.15) is 54.1 Å². The second kappa shape index (κ2) is 10.3. The van der Waals surface area contributed by atoms with Gasteiger partial charge in [-0.1, -0.05) is 31.5 Å². The number of piperidine rings is 1. The van der Waals surface area contributed by atoms with Gasteiger partial charge in [-0.3, -0.25) is 4.79 Å². The highest BCUT2D eigenvalue weighted by Gasteiger charge is 2.31. The van der Waals surface area contributed by atoms with E-state index in [1.165, 1.54) is 32.4 Å². The number of phenolic OH excluding ortho intramolecular Hbond substituents is 1. The van der Waals surface area contributed by atoms with Crippen LogP contribution in [0.3, 0.4) is 0 Å². The van der Waals surface area contributed by atoms with Crippen LogP contribution in [0.25, 0.3) is 0 Å². The first-order chi connectivity index (χ1) is 15.6. The van der Waals surface area contributed by atoms with E-state index in [-0.39, 0.29) is 28.7 Å². The number of methoxy groups -OCH3 is 2. The summed E-state index contributed by atoms with van der Waals surface area (Å²) >= 11 is 6.25. The molecule has 1 amide bonds. The molecular formula is C25H30ClNO6. The minimum Gasteiger partial charge on any atom is -0.507 e. The summed E-state index contributed by atoms with van der Waals surface area (Å²) in [7, 11) is 2.96. The summed E-state index contributed by atoms with van der Waals surface area (Å²) in [5.41, 5.74) is 0.995. The SMILES string of the molecule is COc1cc(O)c(C(CC(=O)N2CC(C)C[C@H](C)C2)c2ccc(C(=O)O)c(Cl)c2)c(OC)c1. The van der Waals surface area contributed by atoms with Crippen LogP contribution in [-0.2, 0) is 4.79 Å². The van der Waals surface area contributed by atoms with Crippen molar-refractivity contribution in [3.8, 4) is 17.2 Å². The number of likely N-dealkylation sites (tertiary alicyclic amines) is 1. The zero-order valence-corrected chi connectivity index (χ0v) is 20.1. The summed E-state index contributed by atoms with van der Waals surface area (Å²) in [5.74, 6) is -0.281. The van der Waals surface area contributed by atoms with Crippen molar-refractivity contribution in [2.75, 3.05) is 27.3 Å². The number of ether oxygens (including phenoxy) is 2. The highest BCUT2D eigenvalue weighted by Crippen LogP contribution is 2.44. The van der Waals surface area contributed by atoms with Crippen molar-refractivity contribution in [2.45, 2.75) is 32.6 Å². The quantitative estimate of drug-likeness (QED) is 0.597. The number of carbonyl (C=O) groups excluding carboxylic acids is 1. The number of carboxylic acids is 1. The molecule has 2 aromatic carbocycles. The molecule has 2 unspecified atom stereocenters. The van der Waals surface area contributed by atoms with Gasteiger partial charge < -0.3 is 24.6 Å². The minimum absolute atomic E-state index is 0.0323. The maximum Gasteiger partial charge on any atom is 0.337 e. The Kier molecular flexibility index (Phi) is 7.74. The second-order valence-corrected chi connectivity index (χ2v) is 9.22. The number of hydrogen-bond donors (Lipinski definition) is 2. The Morgan fingerprint density at radius 3 is 2.33 bits per heavy atom. The minimum atomic E-state index is -1.14.